The zero-order chi connectivity index (χ0) is 18.6. The monoisotopic (exact) mass is 397 g/mol. The topological polar surface area (TPSA) is 71.1 Å². The minimum atomic E-state index is -0.286. The number of fused-ring (bicyclic) bond motifs is 1. The van der Waals surface area contributed by atoms with Crippen LogP contribution in [0.5, 0.6) is 0 Å². The molecule has 0 aliphatic heterocycles. The Morgan fingerprint density at radius 3 is 2.74 bits per heavy atom. The summed E-state index contributed by atoms with van der Waals surface area (Å²) in [5, 5.41) is 9.68. The lowest BCUT2D eigenvalue weighted by atomic mass is 9.90. The number of carbonyl (C=O) groups is 2. The van der Waals surface area contributed by atoms with Crippen LogP contribution in [0, 0.1) is 0 Å². The first-order chi connectivity index (χ1) is 13.2. The van der Waals surface area contributed by atoms with Gasteiger partial charge in [0.15, 0.2) is 5.13 Å². The van der Waals surface area contributed by atoms with E-state index in [2.05, 4.69) is 33.8 Å². The third kappa shape index (κ3) is 4.26. The summed E-state index contributed by atoms with van der Waals surface area (Å²) in [6, 6.07) is 10.0. The number of benzene rings is 1. The van der Waals surface area contributed by atoms with Gasteiger partial charge in [-0.2, -0.15) is 0 Å². The van der Waals surface area contributed by atoms with Crippen LogP contribution in [0.3, 0.4) is 0 Å². The SMILES string of the molecule is O=C(CNC(=O)c1cccs1)Nc1nc(-c2ccc3c(c2)CCCC3)cs1. The van der Waals surface area contributed by atoms with E-state index in [0.717, 1.165) is 24.1 Å². The van der Waals surface area contributed by atoms with Crippen LogP contribution in [0.1, 0.15) is 33.6 Å². The summed E-state index contributed by atoms with van der Waals surface area (Å²) in [5.41, 5.74) is 4.80. The van der Waals surface area contributed by atoms with E-state index in [1.54, 1.807) is 12.1 Å². The van der Waals surface area contributed by atoms with Crippen molar-refractivity contribution < 1.29 is 9.59 Å². The minimum Gasteiger partial charge on any atom is -0.342 e. The van der Waals surface area contributed by atoms with E-state index in [-0.39, 0.29) is 18.4 Å². The highest BCUT2D eigenvalue weighted by Crippen LogP contribution is 2.29. The van der Waals surface area contributed by atoms with E-state index in [1.165, 1.54) is 46.6 Å². The molecule has 7 heteroatoms. The van der Waals surface area contributed by atoms with Crippen molar-refractivity contribution in [2.24, 2.45) is 0 Å². The first-order valence-electron chi connectivity index (χ1n) is 8.88. The van der Waals surface area contributed by atoms with Crippen LogP contribution in [0.25, 0.3) is 11.3 Å². The van der Waals surface area contributed by atoms with Crippen LogP contribution < -0.4 is 10.6 Å². The quantitative estimate of drug-likeness (QED) is 0.680. The molecular formula is C20H19N3O2S2. The lowest BCUT2D eigenvalue weighted by Gasteiger charge is -2.16. The van der Waals surface area contributed by atoms with Gasteiger partial charge in [0.1, 0.15) is 0 Å². The molecule has 0 saturated heterocycles. The molecule has 27 heavy (non-hydrogen) atoms. The molecule has 0 unspecified atom stereocenters. The van der Waals surface area contributed by atoms with Crippen molar-refractivity contribution in [1.82, 2.24) is 10.3 Å². The molecule has 1 aromatic carbocycles. The zero-order valence-corrected chi connectivity index (χ0v) is 16.3. The number of aromatic nitrogens is 1. The molecule has 0 atom stereocenters. The Morgan fingerprint density at radius 2 is 1.93 bits per heavy atom. The lowest BCUT2D eigenvalue weighted by molar-refractivity contribution is -0.115. The predicted molar refractivity (Wildman–Crippen MR) is 109 cm³/mol. The largest absolute Gasteiger partial charge is 0.342 e. The van der Waals surface area contributed by atoms with Gasteiger partial charge in [0.2, 0.25) is 5.91 Å². The van der Waals surface area contributed by atoms with Crippen molar-refractivity contribution >= 4 is 39.6 Å². The number of thiophene rings is 1. The summed E-state index contributed by atoms with van der Waals surface area (Å²) in [5.74, 6) is -0.528. The number of rotatable bonds is 5. The average molecular weight is 398 g/mol. The van der Waals surface area contributed by atoms with Gasteiger partial charge >= 0.3 is 0 Å². The minimum absolute atomic E-state index is 0.0789. The summed E-state index contributed by atoms with van der Waals surface area (Å²) in [7, 11) is 0. The first-order valence-corrected chi connectivity index (χ1v) is 10.6. The molecule has 0 fully saturated rings. The molecule has 1 aliphatic carbocycles. The molecule has 2 N–H and O–H groups in total. The summed E-state index contributed by atoms with van der Waals surface area (Å²) < 4.78 is 0. The van der Waals surface area contributed by atoms with Crippen molar-refractivity contribution in [2.75, 3.05) is 11.9 Å². The molecule has 4 rings (SSSR count). The number of nitrogens with one attached hydrogen (secondary N) is 2. The van der Waals surface area contributed by atoms with Crippen LogP contribution in [-0.2, 0) is 17.6 Å². The summed E-state index contributed by atoms with van der Waals surface area (Å²) in [6.45, 7) is -0.0789. The van der Waals surface area contributed by atoms with Crippen molar-refractivity contribution in [3.8, 4) is 11.3 Å². The Balaban J connectivity index is 1.36. The number of hydrogen-bond acceptors (Lipinski definition) is 5. The Hall–Kier alpha value is -2.51. The second-order valence-electron chi connectivity index (χ2n) is 6.44. The van der Waals surface area contributed by atoms with Crippen LogP contribution in [0.4, 0.5) is 5.13 Å². The highest BCUT2D eigenvalue weighted by molar-refractivity contribution is 7.14. The molecular weight excluding hydrogens is 378 g/mol. The van der Waals surface area contributed by atoms with Crippen molar-refractivity contribution in [2.45, 2.75) is 25.7 Å². The third-order valence-corrected chi connectivity index (χ3v) is 6.18. The third-order valence-electron chi connectivity index (χ3n) is 4.55. The number of carbonyl (C=O) groups excluding carboxylic acids is 2. The van der Waals surface area contributed by atoms with E-state index < -0.39 is 0 Å². The van der Waals surface area contributed by atoms with Crippen molar-refractivity contribution in [1.29, 1.82) is 0 Å². The molecule has 2 heterocycles. The van der Waals surface area contributed by atoms with Crippen molar-refractivity contribution in [3.63, 3.8) is 0 Å². The Labute approximate surface area is 165 Å². The van der Waals surface area contributed by atoms with Crippen LogP contribution in [0.2, 0.25) is 0 Å². The van der Waals surface area contributed by atoms with E-state index in [0.29, 0.717) is 10.0 Å². The smallest absolute Gasteiger partial charge is 0.261 e. The van der Waals surface area contributed by atoms with Gasteiger partial charge in [-0.25, -0.2) is 4.98 Å². The Kier molecular flexibility index (Phi) is 5.31. The molecule has 3 aromatic rings. The maximum absolute atomic E-state index is 12.1. The fraction of sp³-hybridized carbons (Fsp3) is 0.250. The molecule has 0 spiro atoms. The lowest BCUT2D eigenvalue weighted by Crippen LogP contribution is -2.32. The number of amides is 2. The van der Waals surface area contributed by atoms with Gasteiger partial charge in [-0.15, -0.1) is 22.7 Å². The summed E-state index contributed by atoms with van der Waals surface area (Å²) >= 11 is 2.73. The molecule has 0 saturated carbocycles. The van der Waals surface area contributed by atoms with Crippen LogP contribution in [0.15, 0.2) is 41.1 Å². The molecule has 0 bridgehead atoms. The van der Waals surface area contributed by atoms with Gasteiger partial charge in [-0.05, 0) is 54.3 Å². The number of anilines is 1. The Morgan fingerprint density at radius 1 is 1.07 bits per heavy atom. The zero-order valence-electron chi connectivity index (χ0n) is 14.7. The van der Waals surface area contributed by atoms with Gasteiger partial charge in [-0.3, -0.25) is 9.59 Å². The second kappa shape index (κ2) is 8.02. The molecule has 2 aromatic heterocycles. The normalized spacial score (nSPS) is 13.0. The van der Waals surface area contributed by atoms with Gasteiger partial charge in [0.25, 0.3) is 5.91 Å². The highest BCUT2D eigenvalue weighted by atomic mass is 32.1. The van der Waals surface area contributed by atoms with E-state index in [9.17, 15) is 9.59 Å². The standard InChI is InChI=1S/C20H19N3O2S2/c24-18(11-21-19(25)17-6-3-9-26-17)23-20-22-16(12-27-20)15-8-7-13-4-1-2-5-14(13)10-15/h3,6-10,12H,1-2,4-5,11H2,(H,21,25)(H,22,23,24). The molecule has 5 nitrogen and oxygen atoms in total. The molecule has 0 radical (unpaired) electrons. The van der Waals surface area contributed by atoms with Gasteiger partial charge < -0.3 is 10.6 Å². The fourth-order valence-electron chi connectivity index (χ4n) is 3.18. The average Bonchev–Trinajstić information content (AvgIpc) is 3.38. The number of thiazole rings is 1. The van der Waals surface area contributed by atoms with Gasteiger partial charge in [0.05, 0.1) is 17.1 Å². The molecule has 138 valence electrons. The second-order valence-corrected chi connectivity index (χ2v) is 8.24. The summed E-state index contributed by atoms with van der Waals surface area (Å²) in [6.07, 6.45) is 4.79. The van der Waals surface area contributed by atoms with Crippen molar-refractivity contribution in [3.05, 3.63) is 57.1 Å². The number of nitrogens with zero attached hydrogens (tertiary/aromatic N) is 1. The summed E-state index contributed by atoms with van der Waals surface area (Å²) in [4.78, 5) is 29.1. The maximum atomic E-state index is 12.1. The van der Waals surface area contributed by atoms with Gasteiger partial charge in [0, 0.05) is 10.9 Å². The van der Waals surface area contributed by atoms with E-state index in [1.807, 2.05) is 10.8 Å². The Bertz CT molecular complexity index is 964. The van der Waals surface area contributed by atoms with Crippen LogP contribution >= 0.6 is 22.7 Å². The van der Waals surface area contributed by atoms with E-state index in [4.69, 9.17) is 0 Å². The number of aryl methyl sites for hydroxylation is 2. The van der Waals surface area contributed by atoms with Crippen LogP contribution in [-0.4, -0.2) is 23.3 Å². The predicted octanol–water partition coefficient (Wildman–Crippen LogP) is 4.12. The first kappa shape index (κ1) is 17.9. The highest BCUT2D eigenvalue weighted by Gasteiger charge is 2.13. The molecule has 2 amide bonds. The van der Waals surface area contributed by atoms with E-state index >= 15 is 0 Å². The maximum Gasteiger partial charge on any atom is 0.261 e. The molecule has 1 aliphatic rings. The fourth-order valence-corrected chi connectivity index (χ4v) is 4.55. The van der Waals surface area contributed by atoms with Gasteiger partial charge in [-0.1, -0.05) is 18.2 Å². The number of hydrogen-bond donors (Lipinski definition) is 2.